The standard InChI is InChI=1S/C19H19FN6O/c20-16-6-7-18(26-14-21-22-23-26)17(12-16)19(27)25-10-8-24(9-11-25)13-15-4-2-1-3-5-15/h1-7,12,14H,8-11,13H2. The van der Waals surface area contributed by atoms with Crippen LogP contribution in [0, 0.1) is 5.82 Å². The number of halogens is 1. The summed E-state index contributed by atoms with van der Waals surface area (Å²) in [6.07, 6.45) is 1.39. The fourth-order valence-corrected chi connectivity index (χ4v) is 3.27. The average Bonchev–Trinajstić information content (AvgIpc) is 3.23. The van der Waals surface area contributed by atoms with Crippen LogP contribution in [-0.4, -0.2) is 62.1 Å². The molecule has 27 heavy (non-hydrogen) atoms. The van der Waals surface area contributed by atoms with Crippen molar-refractivity contribution in [3.63, 3.8) is 0 Å². The fraction of sp³-hybridized carbons (Fsp3) is 0.263. The summed E-state index contributed by atoms with van der Waals surface area (Å²) in [5.74, 6) is -0.669. The van der Waals surface area contributed by atoms with E-state index in [0.29, 0.717) is 18.8 Å². The number of rotatable bonds is 4. The van der Waals surface area contributed by atoms with E-state index in [9.17, 15) is 9.18 Å². The largest absolute Gasteiger partial charge is 0.336 e. The number of carbonyl (C=O) groups excluding carboxylic acids is 1. The van der Waals surface area contributed by atoms with Crippen LogP contribution in [0.3, 0.4) is 0 Å². The number of piperazine rings is 1. The molecule has 1 aliphatic heterocycles. The normalized spacial score (nSPS) is 15.1. The number of aromatic nitrogens is 4. The highest BCUT2D eigenvalue weighted by molar-refractivity contribution is 5.97. The molecule has 2 aromatic carbocycles. The van der Waals surface area contributed by atoms with Gasteiger partial charge in [-0.3, -0.25) is 9.69 Å². The minimum atomic E-state index is -0.460. The molecule has 8 heteroatoms. The Morgan fingerprint density at radius 3 is 2.52 bits per heavy atom. The van der Waals surface area contributed by atoms with Gasteiger partial charge in [0, 0.05) is 32.7 Å². The first-order valence-electron chi connectivity index (χ1n) is 8.79. The SMILES string of the molecule is O=C(c1cc(F)ccc1-n1cnnn1)N1CCN(Cc2ccccc2)CC1. The lowest BCUT2D eigenvalue weighted by Gasteiger charge is -2.35. The summed E-state index contributed by atoms with van der Waals surface area (Å²) in [5, 5.41) is 11.0. The van der Waals surface area contributed by atoms with Crippen molar-refractivity contribution >= 4 is 5.91 Å². The third kappa shape index (κ3) is 3.85. The van der Waals surface area contributed by atoms with E-state index in [1.165, 1.54) is 34.8 Å². The zero-order chi connectivity index (χ0) is 18.6. The number of tetrazole rings is 1. The Morgan fingerprint density at radius 2 is 1.81 bits per heavy atom. The smallest absolute Gasteiger partial charge is 0.256 e. The molecule has 1 saturated heterocycles. The molecule has 138 valence electrons. The molecule has 0 saturated carbocycles. The van der Waals surface area contributed by atoms with E-state index >= 15 is 0 Å². The molecule has 0 N–H and O–H groups in total. The third-order valence-electron chi connectivity index (χ3n) is 4.69. The Balaban J connectivity index is 1.46. The van der Waals surface area contributed by atoms with Gasteiger partial charge < -0.3 is 4.90 Å². The molecule has 0 spiro atoms. The number of benzene rings is 2. The molecule has 1 aromatic heterocycles. The number of amides is 1. The highest BCUT2D eigenvalue weighted by Gasteiger charge is 2.25. The molecule has 0 unspecified atom stereocenters. The van der Waals surface area contributed by atoms with Gasteiger partial charge in [-0.1, -0.05) is 30.3 Å². The van der Waals surface area contributed by atoms with Crippen LogP contribution in [0.5, 0.6) is 0 Å². The van der Waals surface area contributed by atoms with Crippen LogP contribution in [0.1, 0.15) is 15.9 Å². The van der Waals surface area contributed by atoms with E-state index in [1.807, 2.05) is 18.2 Å². The number of hydrogen-bond acceptors (Lipinski definition) is 5. The summed E-state index contributed by atoms with van der Waals surface area (Å²) < 4.78 is 15.2. The summed E-state index contributed by atoms with van der Waals surface area (Å²) >= 11 is 0. The molecule has 2 heterocycles. The Labute approximate surface area is 156 Å². The van der Waals surface area contributed by atoms with E-state index < -0.39 is 5.82 Å². The summed E-state index contributed by atoms with van der Waals surface area (Å²) in [5.41, 5.74) is 1.99. The van der Waals surface area contributed by atoms with Crippen molar-refractivity contribution in [2.45, 2.75) is 6.54 Å². The van der Waals surface area contributed by atoms with Crippen LogP contribution in [-0.2, 0) is 6.54 Å². The van der Waals surface area contributed by atoms with Gasteiger partial charge in [0.25, 0.3) is 5.91 Å². The van der Waals surface area contributed by atoms with Gasteiger partial charge in [-0.15, -0.1) is 5.10 Å². The van der Waals surface area contributed by atoms with Gasteiger partial charge in [0.15, 0.2) is 0 Å². The fourth-order valence-electron chi connectivity index (χ4n) is 3.27. The monoisotopic (exact) mass is 366 g/mol. The van der Waals surface area contributed by atoms with Gasteiger partial charge in [0.1, 0.15) is 12.1 Å². The van der Waals surface area contributed by atoms with Crippen LogP contribution < -0.4 is 0 Å². The van der Waals surface area contributed by atoms with Crippen LogP contribution in [0.25, 0.3) is 5.69 Å². The van der Waals surface area contributed by atoms with Crippen LogP contribution in [0.2, 0.25) is 0 Å². The van der Waals surface area contributed by atoms with Crippen molar-refractivity contribution < 1.29 is 9.18 Å². The van der Waals surface area contributed by atoms with E-state index in [1.54, 1.807) is 4.90 Å². The Morgan fingerprint density at radius 1 is 1.04 bits per heavy atom. The van der Waals surface area contributed by atoms with Gasteiger partial charge in [0.2, 0.25) is 0 Å². The quantitative estimate of drug-likeness (QED) is 0.704. The van der Waals surface area contributed by atoms with E-state index in [-0.39, 0.29) is 11.5 Å². The van der Waals surface area contributed by atoms with Crippen molar-refractivity contribution in [3.8, 4) is 5.69 Å². The average molecular weight is 366 g/mol. The van der Waals surface area contributed by atoms with Gasteiger partial charge in [-0.05, 0) is 34.2 Å². The summed E-state index contributed by atoms with van der Waals surface area (Å²) in [7, 11) is 0. The molecule has 7 nitrogen and oxygen atoms in total. The van der Waals surface area contributed by atoms with E-state index in [0.717, 1.165) is 19.6 Å². The van der Waals surface area contributed by atoms with Gasteiger partial charge in [-0.2, -0.15) is 4.68 Å². The maximum atomic E-state index is 13.8. The van der Waals surface area contributed by atoms with Crippen LogP contribution in [0.15, 0.2) is 54.9 Å². The first kappa shape index (κ1) is 17.3. The van der Waals surface area contributed by atoms with Crippen molar-refractivity contribution in [2.24, 2.45) is 0 Å². The van der Waals surface area contributed by atoms with E-state index in [2.05, 4.69) is 32.6 Å². The molecule has 0 aliphatic carbocycles. The molecule has 1 aliphatic rings. The molecule has 0 bridgehead atoms. The third-order valence-corrected chi connectivity index (χ3v) is 4.69. The zero-order valence-electron chi connectivity index (χ0n) is 14.7. The zero-order valence-corrected chi connectivity index (χ0v) is 14.7. The molecule has 0 radical (unpaired) electrons. The molecule has 3 aromatic rings. The second kappa shape index (κ2) is 7.63. The minimum Gasteiger partial charge on any atom is -0.336 e. The van der Waals surface area contributed by atoms with Crippen molar-refractivity contribution in [2.75, 3.05) is 26.2 Å². The molecular formula is C19H19FN6O. The lowest BCUT2D eigenvalue weighted by molar-refractivity contribution is 0.0628. The lowest BCUT2D eigenvalue weighted by Crippen LogP contribution is -2.48. The Hall–Kier alpha value is -3.13. The first-order valence-corrected chi connectivity index (χ1v) is 8.79. The Kier molecular flexibility index (Phi) is 4.88. The van der Waals surface area contributed by atoms with Gasteiger partial charge >= 0.3 is 0 Å². The maximum absolute atomic E-state index is 13.8. The van der Waals surface area contributed by atoms with Gasteiger partial charge in [0.05, 0.1) is 11.3 Å². The van der Waals surface area contributed by atoms with Crippen LogP contribution in [0.4, 0.5) is 4.39 Å². The molecule has 1 fully saturated rings. The van der Waals surface area contributed by atoms with E-state index in [4.69, 9.17) is 0 Å². The predicted molar refractivity (Wildman–Crippen MR) is 96.7 cm³/mol. The summed E-state index contributed by atoms with van der Waals surface area (Å²) in [6, 6.07) is 14.3. The van der Waals surface area contributed by atoms with Crippen molar-refractivity contribution in [3.05, 3.63) is 71.8 Å². The molecule has 1 amide bonds. The predicted octanol–water partition coefficient (Wildman–Crippen LogP) is 1.76. The lowest BCUT2D eigenvalue weighted by atomic mass is 10.1. The van der Waals surface area contributed by atoms with Crippen molar-refractivity contribution in [1.82, 2.24) is 30.0 Å². The maximum Gasteiger partial charge on any atom is 0.256 e. The first-order chi connectivity index (χ1) is 13.2. The minimum absolute atomic E-state index is 0.209. The summed E-state index contributed by atoms with van der Waals surface area (Å²) in [4.78, 5) is 17.1. The highest BCUT2D eigenvalue weighted by Crippen LogP contribution is 2.19. The second-order valence-electron chi connectivity index (χ2n) is 6.47. The van der Waals surface area contributed by atoms with Crippen molar-refractivity contribution in [1.29, 1.82) is 0 Å². The number of nitrogens with zero attached hydrogens (tertiary/aromatic N) is 6. The van der Waals surface area contributed by atoms with Crippen LogP contribution >= 0.6 is 0 Å². The molecular weight excluding hydrogens is 347 g/mol. The van der Waals surface area contributed by atoms with Gasteiger partial charge in [-0.25, -0.2) is 4.39 Å². The number of hydrogen-bond donors (Lipinski definition) is 0. The number of carbonyl (C=O) groups is 1. The summed E-state index contributed by atoms with van der Waals surface area (Å²) in [6.45, 7) is 3.60. The second-order valence-corrected chi connectivity index (χ2v) is 6.47. The Bertz CT molecular complexity index is 907. The highest BCUT2D eigenvalue weighted by atomic mass is 19.1. The topological polar surface area (TPSA) is 67.2 Å². The molecule has 4 rings (SSSR count). The molecule has 0 atom stereocenters.